The summed E-state index contributed by atoms with van der Waals surface area (Å²) in [6.45, 7) is 3.59. The lowest BCUT2D eigenvalue weighted by atomic mass is 10.4. The van der Waals surface area contributed by atoms with E-state index in [1.165, 1.54) is 0 Å². The molecule has 1 amide bonds. The standard InChI is InChI=1S/C8H11N3O/c1-3-8(12)11-7-4-9-6(2)10-5-7/h4-5H,3H2,1-2H3,(H,11,12). The molecule has 0 aliphatic heterocycles. The lowest BCUT2D eigenvalue weighted by Crippen LogP contribution is -2.09. The van der Waals surface area contributed by atoms with Crippen molar-refractivity contribution >= 4 is 11.6 Å². The number of rotatable bonds is 2. The Hall–Kier alpha value is -1.45. The first-order valence-corrected chi connectivity index (χ1v) is 3.81. The van der Waals surface area contributed by atoms with Gasteiger partial charge in [0, 0.05) is 6.42 Å². The lowest BCUT2D eigenvalue weighted by molar-refractivity contribution is -0.115. The largest absolute Gasteiger partial charge is 0.323 e. The van der Waals surface area contributed by atoms with E-state index < -0.39 is 0 Å². The van der Waals surface area contributed by atoms with Gasteiger partial charge >= 0.3 is 0 Å². The molecule has 1 N–H and O–H groups in total. The van der Waals surface area contributed by atoms with Crippen LogP contribution in [0.5, 0.6) is 0 Å². The molecule has 4 heteroatoms. The number of hydrogen-bond acceptors (Lipinski definition) is 3. The molecular formula is C8H11N3O. The molecule has 0 aromatic carbocycles. The fourth-order valence-corrected chi connectivity index (χ4v) is 0.707. The molecule has 0 unspecified atom stereocenters. The number of amides is 1. The first-order chi connectivity index (χ1) is 5.72. The maximum absolute atomic E-state index is 10.9. The molecule has 64 valence electrons. The molecule has 0 saturated carbocycles. The Morgan fingerprint density at radius 2 is 2.08 bits per heavy atom. The topological polar surface area (TPSA) is 54.9 Å². The quantitative estimate of drug-likeness (QED) is 0.714. The Kier molecular flexibility index (Phi) is 2.74. The SMILES string of the molecule is CCC(=O)Nc1cnc(C)nc1. The summed E-state index contributed by atoms with van der Waals surface area (Å²) < 4.78 is 0. The minimum Gasteiger partial charge on any atom is -0.323 e. The van der Waals surface area contributed by atoms with Crippen molar-refractivity contribution in [2.24, 2.45) is 0 Å². The van der Waals surface area contributed by atoms with E-state index in [9.17, 15) is 4.79 Å². The van der Waals surface area contributed by atoms with Crippen LogP contribution in [0.2, 0.25) is 0 Å². The number of nitrogens with one attached hydrogen (secondary N) is 1. The minimum absolute atomic E-state index is 0.0255. The van der Waals surface area contributed by atoms with Crippen molar-refractivity contribution in [3.63, 3.8) is 0 Å². The van der Waals surface area contributed by atoms with Crippen molar-refractivity contribution in [3.8, 4) is 0 Å². The van der Waals surface area contributed by atoms with E-state index in [2.05, 4.69) is 15.3 Å². The molecule has 0 bridgehead atoms. The van der Waals surface area contributed by atoms with Crippen molar-refractivity contribution < 1.29 is 4.79 Å². The molecule has 12 heavy (non-hydrogen) atoms. The van der Waals surface area contributed by atoms with Crippen LogP contribution in [-0.2, 0) is 4.79 Å². The number of carbonyl (C=O) groups excluding carboxylic acids is 1. The Morgan fingerprint density at radius 3 is 2.58 bits per heavy atom. The monoisotopic (exact) mass is 165 g/mol. The van der Waals surface area contributed by atoms with Crippen molar-refractivity contribution in [1.29, 1.82) is 0 Å². The van der Waals surface area contributed by atoms with Gasteiger partial charge in [-0.25, -0.2) is 9.97 Å². The van der Waals surface area contributed by atoms with Gasteiger partial charge in [0.2, 0.25) is 5.91 Å². The third kappa shape index (κ3) is 2.30. The maximum atomic E-state index is 10.9. The summed E-state index contributed by atoms with van der Waals surface area (Å²) in [5.74, 6) is 0.673. The summed E-state index contributed by atoms with van der Waals surface area (Å²) in [5, 5.41) is 2.65. The van der Waals surface area contributed by atoms with Crippen molar-refractivity contribution in [2.75, 3.05) is 5.32 Å². The molecule has 1 rings (SSSR count). The van der Waals surface area contributed by atoms with Crippen LogP contribution in [0.3, 0.4) is 0 Å². The van der Waals surface area contributed by atoms with Crippen LogP contribution in [0.25, 0.3) is 0 Å². The predicted molar refractivity (Wildman–Crippen MR) is 45.7 cm³/mol. The van der Waals surface area contributed by atoms with E-state index in [0.29, 0.717) is 17.9 Å². The fraction of sp³-hybridized carbons (Fsp3) is 0.375. The van der Waals surface area contributed by atoms with Gasteiger partial charge in [0.05, 0.1) is 18.1 Å². The Labute approximate surface area is 71.0 Å². The first kappa shape index (κ1) is 8.64. The molecule has 1 aromatic heterocycles. The van der Waals surface area contributed by atoms with Gasteiger partial charge in [0.25, 0.3) is 0 Å². The zero-order chi connectivity index (χ0) is 8.97. The molecule has 0 spiro atoms. The minimum atomic E-state index is -0.0255. The number of anilines is 1. The second-order valence-electron chi connectivity index (χ2n) is 2.42. The van der Waals surface area contributed by atoms with Gasteiger partial charge in [0.1, 0.15) is 5.82 Å². The van der Waals surface area contributed by atoms with Gasteiger partial charge in [-0.2, -0.15) is 0 Å². The number of nitrogens with zero attached hydrogens (tertiary/aromatic N) is 2. The molecule has 0 fully saturated rings. The average molecular weight is 165 g/mol. The number of hydrogen-bond donors (Lipinski definition) is 1. The van der Waals surface area contributed by atoms with E-state index in [4.69, 9.17) is 0 Å². The van der Waals surface area contributed by atoms with Gasteiger partial charge in [-0.3, -0.25) is 4.79 Å². The molecule has 0 saturated heterocycles. The maximum Gasteiger partial charge on any atom is 0.224 e. The molecule has 1 aromatic rings. The molecule has 4 nitrogen and oxygen atoms in total. The van der Waals surface area contributed by atoms with Crippen LogP contribution in [0, 0.1) is 6.92 Å². The van der Waals surface area contributed by atoms with Gasteiger partial charge in [-0.15, -0.1) is 0 Å². The zero-order valence-corrected chi connectivity index (χ0v) is 7.16. The molecule has 0 radical (unpaired) electrons. The van der Waals surface area contributed by atoms with Crippen molar-refractivity contribution in [1.82, 2.24) is 9.97 Å². The Balaban J connectivity index is 2.64. The highest BCUT2D eigenvalue weighted by Gasteiger charge is 1.98. The Morgan fingerprint density at radius 1 is 1.50 bits per heavy atom. The highest BCUT2D eigenvalue weighted by Crippen LogP contribution is 2.02. The highest BCUT2D eigenvalue weighted by molar-refractivity contribution is 5.89. The van der Waals surface area contributed by atoms with Crippen LogP contribution in [0.15, 0.2) is 12.4 Å². The number of carbonyl (C=O) groups is 1. The third-order valence-electron chi connectivity index (χ3n) is 1.39. The Bertz CT molecular complexity index is 268. The van der Waals surface area contributed by atoms with Gasteiger partial charge in [-0.1, -0.05) is 6.92 Å². The molecule has 0 aliphatic rings. The van der Waals surface area contributed by atoms with Crippen molar-refractivity contribution in [2.45, 2.75) is 20.3 Å². The lowest BCUT2D eigenvalue weighted by Gasteiger charge is -2.01. The van der Waals surface area contributed by atoms with Gasteiger partial charge < -0.3 is 5.32 Å². The van der Waals surface area contributed by atoms with Crippen LogP contribution in [0.1, 0.15) is 19.2 Å². The van der Waals surface area contributed by atoms with Gasteiger partial charge in [-0.05, 0) is 6.92 Å². The molecule has 0 aliphatic carbocycles. The summed E-state index contributed by atoms with van der Waals surface area (Å²) in [7, 11) is 0. The smallest absolute Gasteiger partial charge is 0.224 e. The summed E-state index contributed by atoms with van der Waals surface area (Å²) in [6, 6.07) is 0. The molecule has 1 heterocycles. The molecule has 0 atom stereocenters. The summed E-state index contributed by atoms with van der Waals surface area (Å²) in [5.41, 5.74) is 0.646. The van der Waals surface area contributed by atoms with Crippen LogP contribution < -0.4 is 5.32 Å². The summed E-state index contributed by atoms with van der Waals surface area (Å²) >= 11 is 0. The van der Waals surface area contributed by atoms with E-state index in [1.54, 1.807) is 26.2 Å². The summed E-state index contributed by atoms with van der Waals surface area (Å²) in [6.07, 6.45) is 3.65. The van der Waals surface area contributed by atoms with Crippen LogP contribution >= 0.6 is 0 Å². The zero-order valence-electron chi connectivity index (χ0n) is 7.16. The van der Waals surface area contributed by atoms with E-state index >= 15 is 0 Å². The van der Waals surface area contributed by atoms with E-state index in [0.717, 1.165) is 0 Å². The summed E-state index contributed by atoms with van der Waals surface area (Å²) in [4.78, 5) is 18.8. The van der Waals surface area contributed by atoms with E-state index in [-0.39, 0.29) is 5.91 Å². The van der Waals surface area contributed by atoms with Crippen LogP contribution in [-0.4, -0.2) is 15.9 Å². The molecular weight excluding hydrogens is 154 g/mol. The first-order valence-electron chi connectivity index (χ1n) is 3.81. The third-order valence-corrected chi connectivity index (χ3v) is 1.39. The second-order valence-corrected chi connectivity index (χ2v) is 2.42. The number of aromatic nitrogens is 2. The van der Waals surface area contributed by atoms with Crippen molar-refractivity contribution in [3.05, 3.63) is 18.2 Å². The fourth-order valence-electron chi connectivity index (χ4n) is 0.707. The second kappa shape index (κ2) is 3.80. The van der Waals surface area contributed by atoms with E-state index in [1.807, 2.05) is 0 Å². The number of aryl methyl sites for hydroxylation is 1. The van der Waals surface area contributed by atoms with Gasteiger partial charge in [0.15, 0.2) is 0 Å². The highest BCUT2D eigenvalue weighted by atomic mass is 16.1. The average Bonchev–Trinajstić information content (AvgIpc) is 2.09. The normalized spacial score (nSPS) is 9.50. The van der Waals surface area contributed by atoms with Crippen LogP contribution in [0.4, 0.5) is 5.69 Å². The predicted octanol–water partition coefficient (Wildman–Crippen LogP) is 1.13.